The standard InChI is InChI=1S/C17H22Cl2N6O/c1-3-20-17(23-11-13-6-7-24-25(13)2)22-9-8-21-16(26)12-4-5-14(18)15(19)10-12/h4-7,10H,3,8-9,11H2,1-2H3,(H,21,26)(H2,20,22,23). The van der Waals surface area contributed by atoms with E-state index in [1.807, 2.05) is 20.0 Å². The van der Waals surface area contributed by atoms with E-state index in [4.69, 9.17) is 23.2 Å². The van der Waals surface area contributed by atoms with Crippen molar-refractivity contribution in [2.24, 2.45) is 12.0 Å². The lowest BCUT2D eigenvalue weighted by Gasteiger charge is -2.12. The van der Waals surface area contributed by atoms with Crippen molar-refractivity contribution in [2.45, 2.75) is 13.5 Å². The van der Waals surface area contributed by atoms with E-state index in [1.165, 1.54) is 0 Å². The Morgan fingerprint density at radius 2 is 1.92 bits per heavy atom. The number of nitrogens with one attached hydrogen (secondary N) is 3. The minimum Gasteiger partial charge on any atom is -0.357 e. The Bertz CT molecular complexity index is 774. The number of halogens is 2. The molecule has 2 rings (SSSR count). The highest BCUT2D eigenvalue weighted by Crippen LogP contribution is 2.22. The lowest BCUT2D eigenvalue weighted by atomic mass is 10.2. The molecule has 1 aromatic carbocycles. The van der Waals surface area contributed by atoms with E-state index in [1.54, 1.807) is 29.1 Å². The number of hydrogen-bond acceptors (Lipinski definition) is 3. The number of aromatic nitrogens is 2. The van der Waals surface area contributed by atoms with Crippen LogP contribution in [0.5, 0.6) is 0 Å². The zero-order valence-electron chi connectivity index (χ0n) is 14.7. The average molecular weight is 397 g/mol. The highest BCUT2D eigenvalue weighted by atomic mass is 35.5. The molecule has 0 aliphatic heterocycles. The van der Waals surface area contributed by atoms with Gasteiger partial charge in [-0.1, -0.05) is 23.2 Å². The highest BCUT2D eigenvalue weighted by Gasteiger charge is 2.07. The Morgan fingerprint density at radius 1 is 1.15 bits per heavy atom. The van der Waals surface area contributed by atoms with Gasteiger partial charge >= 0.3 is 0 Å². The maximum atomic E-state index is 12.1. The quantitative estimate of drug-likeness (QED) is 0.380. The Kier molecular flexibility index (Phi) is 7.74. The van der Waals surface area contributed by atoms with E-state index in [-0.39, 0.29) is 5.91 Å². The Morgan fingerprint density at radius 3 is 2.58 bits per heavy atom. The molecule has 0 spiro atoms. The Labute approximate surface area is 162 Å². The van der Waals surface area contributed by atoms with E-state index < -0.39 is 0 Å². The van der Waals surface area contributed by atoms with Crippen LogP contribution in [-0.2, 0) is 13.6 Å². The van der Waals surface area contributed by atoms with Crippen LogP contribution in [0.4, 0.5) is 0 Å². The van der Waals surface area contributed by atoms with Gasteiger partial charge in [-0.2, -0.15) is 5.10 Å². The molecule has 0 saturated carbocycles. The number of benzene rings is 1. The van der Waals surface area contributed by atoms with Gasteiger partial charge in [0.25, 0.3) is 5.91 Å². The van der Waals surface area contributed by atoms with Gasteiger partial charge in [0, 0.05) is 38.4 Å². The normalized spacial score (nSPS) is 11.3. The fourth-order valence-corrected chi connectivity index (χ4v) is 2.45. The van der Waals surface area contributed by atoms with Gasteiger partial charge in [-0.05, 0) is 31.2 Å². The second kappa shape index (κ2) is 10.0. The lowest BCUT2D eigenvalue weighted by molar-refractivity contribution is 0.0954. The molecule has 1 aromatic heterocycles. The molecular weight excluding hydrogens is 375 g/mol. The van der Waals surface area contributed by atoms with Gasteiger partial charge in [0.05, 0.1) is 22.3 Å². The summed E-state index contributed by atoms with van der Waals surface area (Å²) in [5.74, 6) is 0.472. The summed E-state index contributed by atoms with van der Waals surface area (Å²) in [6.07, 6.45) is 1.74. The van der Waals surface area contributed by atoms with E-state index >= 15 is 0 Å². The maximum absolute atomic E-state index is 12.1. The predicted octanol–water partition coefficient (Wildman–Crippen LogP) is 2.21. The van der Waals surface area contributed by atoms with Crippen LogP contribution in [0.15, 0.2) is 35.5 Å². The van der Waals surface area contributed by atoms with Crippen LogP contribution in [0.3, 0.4) is 0 Å². The SMILES string of the molecule is CCNC(=NCc1ccnn1C)NCCNC(=O)c1ccc(Cl)c(Cl)c1. The van der Waals surface area contributed by atoms with Gasteiger partial charge in [-0.3, -0.25) is 9.48 Å². The smallest absolute Gasteiger partial charge is 0.251 e. The van der Waals surface area contributed by atoms with Crippen LogP contribution in [0.25, 0.3) is 0 Å². The molecule has 0 radical (unpaired) electrons. The number of hydrogen-bond donors (Lipinski definition) is 3. The fourth-order valence-electron chi connectivity index (χ4n) is 2.15. The van der Waals surface area contributed by atoms with Crippen molar-refractivity contribution in [3.63, 3.8) is 0 Å². The Balaban J connectivity index is 1.80. The summed E-state index contributed by atoms with van der Waals surface area (Å²) in [4.78, 5) is 16.6. The van der Waals surface area contributed by atoms with Gasteiger partial charge in [0.2, 0.25) is 0 Å². The summed E-state index contributed by atoms with van der Waals surface area (Å²) >= 11 is 11.8. The molecule has 3 N–H and O–H groups in total. The first-order valence-electron chi connectivity index (χ1n) is 8.23. The van der Waals surface area contributed by atoms with Crippen LogP contribution in [0, 0.1) is 0 Å². The van der Waals surface area contributed by atoms with Gasteiger partial charge < -0.3 is 16.0 Å². The minimum absolute atomic E-state index is 0.206. The van der Waals surface area contributed by atoms with Gasteiger partial charge in [0.1, 0.15) is 0 Å². The summed E-state index contributed by atoms with van der Waals surface area (Å²) in [6.45, 7) is 4.22. The lowest BCUT2D eigenvalue weighted by Crippen LogP contribution is -2.41. The summed E-state index contributed by atoms with van der Waals surface area (Å²) in [6, 6.07) is 6.71. The van der Waals surface area contributed by atoms with Crippen molar-refractivity contribution >= 4 is 35.1 Å². The zero-order valence-corrected chi connectivity index (χ0v) is 16.2. The molecule has 9 heteroatoms. The third-order valence-electron chi connectivity index (χ3n) is 3.55. The molecule has 140 valence electrons. The monoisotopic (exact) mass is 396 g/mol. The predicted molar refractivity (Wildman–Crippen MR) is 105 cm³/mol. The topological polar surface area (TPSA) is 83.3 Å². The van der Waals surface area contributed by atoms with E-state index in [2.05, 4.69) is 26.0 Å². The van der Waals surface area contributed by atoms with Crippen LogP contribution in [0.1, 0.15) is 23.0 Å². The number of aliphatic imine (C=N–C) groups is 1. The van der Waals surface area contributed by atoms with Crippen molar-refractivity contribution in [2.75, 3.05) is 19.6 Å². The number of rotatable bonds is 7. The number of nitrogens with zero attached hydrogens (tertiary/aromatic N) is 3. The molecule has 0 atom stereocenters. The fraction of sp³-hybridized carbons (Fsp3) is 0.353. The second-order valence-electron chi connectivity index (χ2n) is 5.45. The van der Waals surface area contributed by atoms with E-state index in [9.17, 15) is 4.79 Å². The first kappa shape index (κ1) is 20.1. The molecule has 1 amide bonds. The molecule has 0 aliphatic rings. The first-order chi connectivity index (χ1) is 12.5. The molecule has 0 bridgehead atoms. The molecule has 0 saturated heterocycles. The number of carbonyl (C=O) groups excluding carboxylic acids is 1. The molecule has 1 heterocycles. The third kappa shape index (κ3) is 5.93. The van der Waals surface area contributed by atoms with Crippen LogP contribution in [0.2, 0.25) is 10.0 Å². The number of amides is 1. The van der Waals surface area contributed by atoms with Gasteiger partial charge in [-0.15, -0.1) is 0 Å². The number of aryl methyl sites for hydroxylation is 1. The van der Waals surface area contributed by atoms with Crippen molar-refractivity contribution in [3.8, 4) is 0 Å². The van der Waals surface area contributed by atoms with Gasteiger partial charge in [-0.25, -0.2) is 4.99 Å². The number of carbonyl (C=O) groups is 1. The first-order valence-corrected chi connectivity index (χ1v) is 8.99. The molecule has 26 heavy (non-hydrogen) atoms. The molecule has 7 nitrogen and oxygen atoms in total. The van der Waals surface area contributed by atoms with E-state index in [0.29, 0.717) is 41.2 Å². The van der Waals surface area contributed by atoms with Crippen LogP contribution < -0.4 is 16.0 Å². The molecule has 0 unspecified atom stereocenters. The second-order valence-corrected chi connectivity index (χ2v) is 6.27. The zero-order chi connectivity index (χ0) is 18.9. The van der Waals surface area contributed by atoms with E-state index in [0.717, 1.165) is 12.2 Å². The highest BCUT2D eigenvalue weighted by molar-refractivity contribution is 6.42. The van der Waals surface area contributed by atoms with Crippen molar-refractivity contribution < 1.29 is 4.79 Å². The molecule has 0 aliphatic carbocycles. The third-order valence-corrected chi connectivity index (χ3v) is 4.29. The summed E-state index contributed by atoms with van der Waals surface area (Å²) in [7, 11) is 1.88. The summed E-state index contributed by atoms with van der Waals surface area (Å²) in [5, 5.41) is 14.1. The average Bonchev–Trinajstić information content (AvgIpc) is 3.03. The van der Waals surface area contributed by atoms with Gasteiger partial charge in [0.15, 0.2) is 5.96 Å². The summed E-state index contributed by atoms with van der Waals surface area (Å²) in [5.41, 5.74) is 1.48. The molecular formula is C17H22Cl2N6O. The number of guanidine groups is 1. The maximum Gasteiger partial charge on any atom is 0.251 e. The largest absolute Gasteiger partial charge is 0.357 e. The molecule has 2 aromatic rings. The molecule has 0 fully saturated rings. The van der Waals surface area contributed by atoms with Crippen LogP contribution in [-0.4, -0.2) is 41.3 Å². The van der Waals surface area contributed by atoms with Crippen molar-refractivity contribution in [1.82, 2.24) is 25.7 Å². The summed E-state index contributed by atoms with van der Waals surface area (Å²) < 4.78 is 1.78. The van der Waals surface area contributed by atoms with Crippen LogP contribution >= 0.6 is 23.2 Å². The van der Waals surface area contributed by atoms with Crippen molar-refractivity contribution in [1.29, 1.82) is 0 Å². The Hall–Kier alpha value is -2.25. The minimum atomic E-state index is -0.206. The van der Waals surface area contributed by atoms with Crippen molar-refractivity contribution in [3.05, 3.63) is 51.8 Å².